The van der Waals surface area contributed by atoms with Crippen molar-refractivity contribution >= 4 is 34.8 Å². The highest BCUT2D eigenvalue weighted by Crippen LogP contribution is 2.47. The number of aryl methyl sites for hydroxylation is 2. The summed E-state index contributed by atoms with van der Waals surface area (Å²) in [7, 11) is 1.51. The summed E-state index contributed by atoms with van der Waals surface area (Å²) in [5.74, 6) is -3.38. The summed E-state index contributed by atoms with van der Waals surface area (Å²) in [5.41, 5.74) is 5.35. The van der Waals surface area contributed by atoms with Crippen molar-refractivity contribution in [2.45, 2.75) is 39.2 Å². The van der Waals surface area contributed by atoms with Gasteiger partial charge in [-0.25, -0.2) is 4.90 Å². The predicted octanol–water partition coefficient (Wildman–Crippen LogP) is 5.36. The molecule has 1 aliphatic carbocycles. The van der Waals surface area contributed by atoms with Crippen LogP contribution in [0, 0.1) is 41.7 Å². The number of ether oxygens (including phenoxy) is 1. The first-order chi connectivity index (χ1) is 22.0. The molecule has 0 unspecified atom stereocenters. The van der Waals surface area contributed by atoms with Crippen LogP contribution in [0.3, 0.4) is 0 Å². The molecule has 3 N–H and O–H groups in total. The number of phenolic OH excluding ortho intramolecular Hbond substituents is 1. The Labute approximate surface area is 267 Å². The number of aliphatic hydroxyl groups is 2. The first kappa shape index (κ1) is 32.7. The number of hydrogen-bond donors (Lipinski definition) is 3. The van der Waals surface area contributed by atoms with E-state index in [1.807, 2.05) is 62.4 Å². The second-order valence-corrected chi connectivity index (χ2v) is 12.0. The Bertz CT molecular complexity index is 1690. The number of benzene rings is 3. The number of carbonyl (C=O) groups is 2. The van der Waals surface area contributed by atoms with E-state index in [4.69, 9.17) is 4.74 Å². The molecule has 2 aliphatic rings. The average molecular weight is 627 g/mol. The number of aromatic hydroxyl groups is 1. The van der Waals surface area contributed by atoms with Crippen LogP contribution in [0.25, 0.3) is 11.6 Å². The minimum absolute atomic E-state index is 0.100. The molecule has 0 bridgehead atoms. The van der Waals surface area contributed by atoms with E-state index in [0.717, 1.165) is 32.7 Å². The highest BCUT2D eigenvalue weighted by molar-refractivity contribution is 6.22. The lowest BCUT2D eigenvalue weighted by atomic mass is 9.68. The largest absolute Gasteiger partial charge is 0.507 e. The van der Waals surface area contributed by atoms with E-state index in [9.17, 15) is 35.0 Å². The Balaban J connectivity index is 1.46. The topological polar surface area (TPSA) is 150 Å². The van der Waals surface area contributed by atoms with Crippen LogP contribution in [0.15, 0.2) is 77.9 Å². The van der Waals surface area contributed by atoms with Crippen molar-refractivity contribution in [2.24, 2.45) is 17.8 Å². The second kappa shape index (κ2) is 13.8. The third-order valence-corrected chi connectivity index (χ3v) is 9.04. The van der Waals surface area contributed by atoms with Crippen molar-refractivity contribution in [3.05, 3.63) is 110 Å². The lowest BCUT2D eigenvalue weighted by Gasteiger charge is -2.36. The number of allylic oxidation sites excluding steroid dienone is 1. The van der Waals surface area contributed by atoms with Crippen molar-refractivity contribution in [1.29, 1.82) is 0 Å². The number of imide groups is 1. The number of rotatable bonds is 11. The predicted molar refractivity (Wildman–Crippen MR) is 174 cm³/mol. The summed E-state index contributed by atoms with van der Waals surface area (Å²) in [6, 6.07) is 18.9. The Hall–Kier alpha value is -4.64. The number of non-ortho nitro benzene ring substituents is 1. The van der Waals surface area contributed by atoms with Gasteiger partial charge in [-0.3, -0.25) is 19.7 Å². The van der Waals surface area contributed by atoms with Gasteiger partial charge in [-0.1, -0.05) is 42.5 Å². The van der Waals surface area contributed by atoms with Gasteiger partial charge in [0.05, 0.1) is 41.8 Å². The van der Waals surface area contributed by atoms with Crippen molar-refractivity contribution in [2.75, 3.05) is 25.2 Å². The normalized spacial score (nSPS) is 20.7. The molecule has 5 rings (SSSR count). The molecule has 3 aromatic rings. The maximum Gasteiger partial charge on any atom is 0.271 e. The van der Waals surface area contributed by atoms with Gasteiger partial charge >= 0.3 is 0 Å². The van der Waals surface area contributed by atoms with Crippen molar-refractivity contribution in [1.82, 2.24) is 0 Å². The maximum absolute atomic E-state index is 13.8. The molecule has 10 nitrogen and oxygen atoms in total. The number of nitro groups is 1. The van der Waals surface area contributed by atoms with Crippen LogP contribution in [-0.4, -0.2) is 58.5 Å². The van der Waals surface area contributed by atoms with E-state index >= 15 is 0 Å². The van der Waals surface area contributed by atoms with Gasteiger partial charge < -0.3 is 20.1 Å². The fourth-order valence-corrected chi connectivity index (χ4v) is 6.94. The average Bonchev–Trinajstić information content (AvgIpc) is 3.30. The second-order valence-electron chi connectivity index (χ2n) is 12.0. The Kier molecular flexibility index (Phi) is 9.81. The SMILES string of the molecule is COCC1=C([C@H](O)CC/C(=C/c2cc(C)c(O)c(C)c2)c2ccccc2)[C@H](CO)[C@@H]2C(=O)N(c3cccc([N+](=O)[O-])c3)C(=O)[C@@H]2C1. The summed E-state index contributed by atoms with van der Waals surface area (Å²) in [4.78, 5) is 39.2. The first-order valence-corrected chi connectivity index (χ1v) is 15.2. The van der Waals surface area contributed by atoms with Crippen molar-refractivity contribution in [3.8, 4) is 5.75 Å². The molecule has 4 atom stereocenters. The van der Waals surface area contributed by atoms with Gasteiger partial charge in [0.2, 0.25) is 11.8 Å². The Morgan fingerprint density at radius 3 is 2.39 bits per heavy atom. The lowest BCUT2D eigenvalue weighted by molar-refractivity contribution is -0.384. The highest BCUT2D eigenvalue weighted by Gasteiger charge is 2.55. The minimum Gasteiger partial charge on any atom is -0.507 e. The molecule has 2 amide bonds. The van der Waals surface area contributed by atoms with E-state index in [2.05, 4.69) is 0 Å². The van der Waals surface area contributed by atoms with E-state index in [-0.39, 0.29) is 36.6 Å². The van der Waals surface area contributed by atoms with E-state index in [0.29, 0.717) is 17.6 Å². The minimum atomic E-state index is -1.05. The maximum atomic E-state index is 13.8. The molecular formula is C36H38N2O8. The third-order valence-electron chi connectivity index (χ3n) is 9.04. The van der Waals surface area contributed by atoms with Gasteiger partial charge in [0.1, 0.15) is 5.75 Å². The summed E-state index contributed by atoms with van der Waals surface area (Å²) in [6.45, 7) is 3.32. The molecule has 0 aromatic heterocycles. The van der Waals surface area contributed by atoms with E-state index in [1.165, 1.54) is 31.4 Å². The van der Waals surface area contributed by atoms with Gasteiger partial charge in [-0.2, -0.15) is 0 Å². The molecule has 3 aromatic carbocycles. The standard InChI is InChI=1S/C36H38N2O8/c1-21-14-23(15-22(2)34(21)41)16-25(24-8-5-4-6-9-24)12-13-31(40)32-26(20-46-3)17-29-33(30(32)19-39)36(43)37(35(29)42)27-10-7-11-28(18-27)38(44)45/h4-11,14-16,18,29-31,33,39-41H,12-13,17,19-20H2,1-3H3/b25-16-/t29-,30+,31-,33-/m1/s1. The molecule has 240 valence electrons. The molecule has 1 fully saturated rings. The molecule has 10 heteroatoms. The molecule has 0 radical (unpaired) electrons. The molecule has 0 saturated carbocycles. The quantitative estimate of drug-likeness (QED) is 0.0847. The number of nitrogens with zero attached hydrogens (tertiary/aromatic N) is 2. The highest BCUT2D eigenvalue weighted by atomic mass is 16.6. The van der Waals surface area contributed by atoms with Crippen LogP contribution in [0.4, 0.5) is 11.4 Å². The van der Waals surface area contributed by atoms with Crippen LogP contribution >= 0.6 is 0 Å². The number of carbonyl (C=O) groups excluding carboxylic acids is 2. The number of aliphatic hydroxyl groups excluding tert-OH is 2. The lowest BCUT2D eigenvalue weighted by Crippen LogP contribution is -2.39. The molecule has 1 heterocycles. The van der Waals surface area contributed by atoms with Gasteiger partial charge in [-0.15, -0.1) is 0 Å². The first-order valence-electron chi connectivity index (χ1n) is 15.2. The van der Waals surface area contributed by atoms with Crippen LogP contribution in [-0.2, 0) is 14.3 Å². The van der Waals surface area contributed by atoms with Gasteiger partial charge in [0.25, 0.3) is 5.69 Å². The van der Waals surface area contributed by atoms with Crippen molar-refractivity contribution in [3.63, 3.8) is 0 Å². The monoisotopic (exact) mass is 626 g/mol. The summed E-state index contributed by atoms with van der Waals surface area (Å²) in [5, 5.41) is 44.0. The number of anilines is 1. The number of hydrogen-bond acceptors (Lipinski definition) is 8. The molecule has 1 aliphatic heterocycles. The van der Waals surface area contributed by atoms with Gasteiger partial charge in [0, 0.05) is 25.2 Å². The summed E-state index contributed by atoms with van der Waals surface area (Å²) < 4.78 is 5.46. The van der Waals surface area contributed by atoms with E-state index in [1.54, 1.807) is 0 Å². The molecule has 0 spiro atoms. The third kappa shape index (κ3) is 6.37. The fraction of sp³-hybridized carbons (Fsp3) is 0.333. The number of phenols is 1. The van der Waals surface area contributed by atoms with Crippen LogP contribution in [0.1, 0.15) is 41.5 Å². The number of fused-ring (bicyclic) bond motifs is 1. The zero-order chi connectivity index (χ0) is 33.1. The number of amides is 2. The molecule has 1 saturated heterocycles. The Morgan fingerprint density at radius 2 is 1.76 bits per heavy atom. The smallest absolute Gasteiger partial charge is 0.271 e. The zero-order valence-electron chi connectivity index (χ0n) is 26.1. The summed E-state index contributed by atoms with van der Waals surface area (Å²) in [6.07, 6.45) is 1.86. The van der Waals surface area contributed by atoms with Gasteiger partial charge in [0.15, 0.2) is 0 Å². The van der Waals surface area contributed by atoms with Crippen molar-refractivity contribution < 1.29 is 34.6 Å². The molecular weight excluding hydrogens is 588 g/mol. The summed E-state index contributed by atoms with van der Waals surface area (Å²) >= 11 is 0. The number of nitro benzene ring substituents is 1. The zero-order valence-corrected chi connectivity index (χ0v) is 26.1. The Morgan fingerprint density at radius 1 is 1.07 bits per heavy atom. The van der Waals surface area contributed by atoms with Gasteiger partial charge in [-0.05, 0) is 90.3 Å². The van der Waals surface area contributed by atoms with Crippen LogP contribution < -0.4 is 4.90 Å². The van der Waals surface area contributed by atoms with E-state index < -0.39 is 47.2 Å². The fourth-order valence-electron chi connectivity index (χ4n) is 6.94. The van der Waals surface area contributed by atoms with Crippen LogP contribution in [0.5, 0.6) is 5.75 Å². The van der Waals surface area contributed by atoms with Crippen LogP contribution in [0.2, 0.25) is 0 Å². The molecule has 46 heavy (non-hydrogen) atoms. The number of methoxy groups -OCH3 is 1.